The van der Waals surface area contributed by atoms with Crippen molar-refractivity contribution in [3.8, 4) is 0 Å². The molecular formula is C23H27N5O3. The maximum Gasteiger partial charge on any atom is 0.329 e. The first kappa shape index (κ1) is 21.0. The number of piperidine rings is 1. The average molecular weight is 422 g/mol. The third-order valence-corrected chi connectivity index (χ3v) is 5.91. The van der Waals surface area contributed by atoms with E-state index in [1.165, 1.54) is 18.0 Å². The molecule has 1 aromatic carbocycles. The van der Waals surface area contributed by atoms with Gasteiger partial charge in [0.25, 0.3) is 11.5 Å². The zero-order valence-corrected chi connectivity index (χ0v) is 17.9. The fourth-order valence-electron chi connectivity index (χ4n) is 4.29. The van der Waals surface area contributed by atoms with Crippen LogP contribution in [0.3, 0.4) is 0 Å². The van der Waals surface area contributed by atoms with Crippen molar-refractivity contribution in [2.24, 2.45) is 7.05 Å². The molecule has 8 heteroatoms. The first-order valence-corrected chi connectivity index (χ1v) is 10.6. The zero-order valence-electron chi connectivity index (χ0n) is 17.9. The minimum atomic E-state index is -0.605. The van der Waals surface area contributed by atoms with Crippen molar-refractivity contribution in [1.29, 1.82) is 0 Å². The van der Waals surface area contributed by atoms with Gasteiger partial charge >= 0.3 is 5.69 Å². The van der Waals surface area contributed by atoms with E-state index in [-0.39, 0.29) is 28.5 Å². The number of carbonyl (C=O) groups is 1. The molecular weight excluding hydrogens is 394 g/mol. The summed E-state index contributed by atoms with van der Waals surface area (Å²) in [5.74, 6) is -0.349. The molecule has 1 fully saturated rings. The highest BCUT2D eigenvalue weighted by molar-refractivity contribution is 6.05. The number of H-pyrrole nitrogens is 1. The van der Waals surface area contributed by atoms with Crippen LogP contribution in [0.15, 0.2) is 46.0 Å². The van der Waals surface area contributed by atoms with Gasteiger partial charge in [0.1, 0.15) is 5.65 Å². The van der Waals surface area contributed by atoms with Crippen LogP contribution in [0, 0.1) is 6.92 Å². The van der Waals surface area contributed by atoms with Crippen LogP contribution < -0.4 is 16.6 Å². The number of likely N-dealkylation sites (tertiary alicyclic amines) is 1. The molecule has 162 valence electrons. The van der Waals surface area contributed by atoms with Crippen LogP contribution >= 0.6 is 0 Å². The summed E-state index contributed by atoms with van der Waals surface area (Å²) in [6.07, 6.45) is 3.53. The lowest BCUT2D eigenvalue weighted by atomic mass is 10.0. The number of amides is 1. The van der Waals surface area contributed by atoms with E-state index in [9.17, 15) is 14.4 Å². The maximum atomic E-state index is 13.2. The van der Waals surface area contributed by atoms with Crippen molar-refractivity contribution in [2.75, 3.05) is 19.6 Å². The van der Waals surface area contributed by atoms with E-state index in [1.54, 1.807) is 13.0 Å². The summed E-state index contributed by atoms with van der Waals surface area (Å²) < 4.78 is 1.25. The van der Waals surface area contributed by atoms with Gasteiger partial charge in [0.05, 0.1) is 17.0 Å². The number of nitrogens with zero attached hydrogens (tertiary/aromatic N) is 3. The van der Waals surface area contributed by atoms with E-state index in [0.717, 1.165) is 31.5 Å². The van der Waals surface area contributed by atoms with Gasteiger partial charge in [0.2, 0.25) is 0 Å². The predicted molar refractivity (Wildman–Crippen MR) is 119 cm³/mol. The van der Waals surface area contributed by atoms with Gasteiger partial charge in [-0.2, -0.15) is 0 Å². The Kier molecular flexibility index (Phi) is 5.99. The Hall–Kier alpha value is -3.26. The number of hydrogen-bond donors (Lipinski definition) is 2. The van der Waals surface area contributed by atoms with Crippen molar-refractivity contribution in [3.05, 3.63) is 74.1 Å². The SMILES string of the molecule is Cc1cc(C(=O)NCC(c2ccccc2)N2CCCCC2)c2c(=O)[nH]c(=O)n(C)c2n1. The zero-order chi connectivity index (χ0) is 22.0. The summed E-state index contributed by atoms with van der Waals surface area (Å²) in [5, 5.41) is 3.15. The maximum absolute atomic E-state index is 13.2. The smallest absolute Gasteiger partial charge is 0.329 e. The number of aromatic amines is 1. The summed E-state index contributed by atoms with van der Waals surface area (Å²) in [5.41, 5.74) is 0.983. The van der Waals surface area contributed by atoms with Gasteiger partial charge in [0, 0.05) is 19.3 Å². The van der Waals surface area contributed by atoms with Gasteiger partial charge in [0.15, 0.2) is 0 Å². The summed E-state index contributed by atoms with van der Waals surface area (Å²) in [6, 6.07) is 11.8. The van der Waals surface area contributed by atoms with Crippen LogP contribution in [0.25, 0.3) is 11.0 Å². The molecule has 1 aliphatic rings. The number of benzene rings is 1. The van der Waals surface area contributed by atoms with Gasteiger partial charge in [-0.1, -0.05) is 36.8 Å². The van der Waals surface area contributed by atoms with E-state index in [2.05, 4.69) is 32.3 Å². The highest BCUT2D eigenvalue weighted by Gasteiger charge is 2.24. The molecule has 31 heavy (non-hydrogen) atoms. The number of aromatic nitrogens is 3. The molecule has 1 aliphatic heterocycles. The molecule has 1 saturated heterocycles. The number of fused-ring (bicyclic) bond motifs is 1. The lowest BCUT2D eigenvalue weighted by Gasteiger charge is -2.35. The number of carbonyl (C=O) groups excluding carboxylic acids is 1. The summed E-state index contributed by atoms with van der Waals surface area (Å²) >= 11 is 0. The first-order chi connectivity index (χ1) is 15.0. The number of nitrogens with one attached hydrogen (secondary N) is 2. The standard InChI is InChI=1S/C23H27N5O3/c1-15-13-17(19-20(25-15)27(2)23(31)26-22(19)30)21(29)24-14-18(16-9-5-3-6-10-16)28-11-7-4-8-12-28/h3,5-6,9-10,13,18H,4,7-8,11-12,14H2,1-2H3,(H,24,29)(H,26,30,31). The number of rotatable bonds is 5. The van der Waals surface area contributed by atoms with Gasteiger partial charge in [-0.25, -0.2) is 9.78 Å². The van der Waals surface area contributed by atoms with E-state index in [4.69, 9.17) is 0 Å². The molecule has 0 radical (unpaired) electrons. The third-order valence-electron chi connectivity index (χ3n) is 5.91. The molecule has 3 heterocycles. The molecule has 1 atom stereocenters. The lowest BCUT2D eigenvalue weighted by Crippen LogP contribution is -2.41. The predicted octanol–water partition coefficient (Wildman–Crippen LogP) is 1.89. The first-order valence-electron chi connectivity index (χ1n) is 10.6. The average Bonchev–Trinajstić information content (AvgIpc) is 2.78. The molecule has 0 bridgehead atoms. The van der Waals surface area contributed by atoms with Crippen molar-refractivity contribution < 1.29 is 4.79 Å². The molecule has 3 aromatic rings. The summed E-state index contributed by atoms with van der Waals surface area (Å²) in [6.45, 7) is 4.15. The van der Waals surface area contributed by atoms with Crippen LogP contribution in [0.5, 0.6) is 0 Å². The molecule has 4 rings (SSSR count). The van der Waals surface area contributed by atoms with E-state index in [1.807, 2.05) is 18.2 Å². The Morgan fingerprint density at radius 3 is 2.58 bits per heavy atom. The number of pyridine rings is 1. The molecule has 0 spiro atoms. The molecule has 0 saturated carbocycles. The quantitative estimate of drug-likeness (QED) is 0.655. The second-order valence-electron chi connectivity index (χ2n) is 8.06. The van der Waals surface area contributed by atoms with E-state index >= 15 is 0 Å². The van der Waals surface area contributed by atoms with Crippen molar-refractivity contribution in [3.63, 3.8) is 0 Å². The van der Waals surface area contributed by atoms with Gasteiger partial charge in [-0.3, -0.25) is 24.0 Å². The monoisotopic (exact) mass is 421 g/mol. The van der Waals surface area contributed by atoms with Gasteiger partial charge in [-0.15, -0.1) is 0 Å². The second kappa shape index (κ2) is 8.85. The van der Waals surface area contributed by atoms with E-state index < -0.39 is 11.2 Å². The van der Waals surface area contributed by atoms with Crippen molar-refractivity contribution in [1.82, 2.24) is 24.8 Å². The van der Waals surface area contributed by atoms with Gasteiger partial charge < -0.3 is 5.32 Å². The molecule has 2 aromatic heterocycles. The Bertz CT molecular complexity index is 1210. The van der Waals surface area contributed by atoms with Crippen LogP contribution in [-0.4, -0.2) is 45.0 Å². The number of hydrogen-bond acceptors (Lipinski definition) is 5. The Morgan fingerprint density at radius 1 is 1.16 bits per heavy atom. The van der Waals surface area contributed by atoms with Crippen molar-refractivity contribution in [2.45, 2.75) is 32.2 Å². The van der Waals surface area contributed by atoms with Crippen LogP contribution in [0.1, 0.15) is 46.9 Å². The fourth-order valence-corrected chi connectivity index (χ4v) is 4.29. The molecule has 2 N–H and O–H groups in total. The highest BCUT2D eigenvalue weighted by Crippen LogP contribution is 2.24. The third kappa shape index (κ3) is 4.29. The highest BCUT2D eigenvalue weighted by atomic mass is 16.2. The van der Waals surface area contributed by atoms with Gasteiger partial charge in [-0.05, 0) is 44.5 Å². The minimum absolute atomic E-state index is 0.0577. The second-order valence-corrected chi connectivity index (χ2v) is 8.06. The van der Waals surface area contributed by atoms with E-state index in [0.29, 0.717) is 12.2 Å². The number of aryl methyl sites for hydroxylation is 2. The fraction of sp³-hybridized carbons (Fsp3) is 0.391. The largest absolute Gasteiger partial charge is 0.350 e. The summed E-state index contributed by atoms with van der Waals surface area (Å²) in [7, 11) is 1.52. The van der Waals surface area contributed by atoms with Crippen molar-refractivity contribution >= 4 is 16.9 Å². The Labute approximate surface area is 179 Å². The molecule has 0 aliphatic carbocycles. The molecule has 1 unspecified atom stereocenters. The molecule has 8 nitrogen and oxygen atoms in total. The molecule has 1 amide bonds. The minimum Gasteiger partial charge on any atom is -0.350 e. The topological polar surface area (TPSA) is 100 Å². The Balaban J connectivity index is 1.66. The van der Waals surface area contributed by atoms with Crippen LogP contribution in [-0.2, 0) is 7.05 Å². The Morgan fingerprint density at radius 2 is 1.87 bits per heavy atom. The van der Waals surface area contributed by atoms with Crippen LogP contribution in [0.2, 0.25) is 0 Å². The normalized spacial score (nSPS) is 15.7. The lowest BCUT2D eigenvalue weighted by molar-refractivity contribution is 0.0926. The summed E-state index contributed by atoms with van der Waals surface area (Å²) in [4.78, 5) is 46.6. The van der Waals surface area contributed by atoms with Crippen LogP contribution in [0.4, 0.5) is 0 Å².